The van der Waals surface area contributed by atoms with E-state index in [9.17, 15) is 4.79 Å². The van der Waals surface area contributed by atoms with Crippen molar-refractivity contribution >= 4 is 6.03 Å². The lowest BCUT2D eigenvalue weighted by Crippen LogP contribution is -2.36. The number of hydrogen-bond acceptors (Lipinski definition) is 3. The van der Waals surface area contributed by atoms with Crippen LogP contribution in [0.3, 0.4) is 0 Å². The summed E-state index contributed by atoms with van der Waals surface area (Å²) in [5, 5.41) is 11.7. The van der Waals surface area contributed by atoms with Crippen molar-refractivity contribution in [2.45, 2.75) is 6.54 Å². The van der Waals surface area contributed by atoms with Gasteiger partial charge in [0.1, 0.15) is 0 Å². The maximum atomic E-state index is 11.5. The molecular weight excluding hydrogens is 264 g/mol. The molecule has 1 aliphatic heterocycles. The molecule has 1 heterocycles. The van der Waals surface area contributed by atoms with Crippen molar-refractivity contribution < 1.29 is 4.79 Å². The van der Waals surface area contributed by atoms with Crippen LogP contribution in [0.15, 0.2) is 36.9 Å². The molecule has 0 aromatic heterocycles. The van der Waals surface area contributed by atoms with Gasteiger partial charge in [-0.05, 0) is 17.7 Å². The molecule has 1 aliphatic rings. The fraction of sp³-hybridized carbons (Fsp3) is 0.375. The van der Waals surface area contributed by atoms with Crippen LogP contribution in [-0.2, 0) is 6.54 Å². The standard InChI is InChI=1S/C16H20N4O/c1-2-7-19(9-10-20-8-6-18-16(20)21)13-15-5-3-4-14(11-15)12-17/h2-5,11H,1,6-10,13H2,(H,18,21). The van der Waals surface area contributed by atoms with Gasteiger partial charge in [0, 0.05) is 39.3 Å². The summed E-state index contributed by atoms with van der Waals surface area (Å²) in [6.07, 6.45) is 1.86. The van der Waals surface area contributed by atoms with Crippen LogP contribution in [0.25, 0.3) is 0 Å². The minimum absolute atomic E-state index is 0.0139. The van der Waals surface area contributed by atoms with Gasteiger partial charge in [-0.15, -0.1) is 6.58 Å². The molecule has 1 fully saturated rings. The molecule has 5 heteroatoms. The van der Waals surface area contributed by atoms with Crippen LogP contribution in [0.5, 0.6) is 0 Å². The van der Waals surface area contributed by atoms with Crippen LogP contribution in [0.4, 0.5) is 4.79 Å². The number of nitriles is 1. The van der Waals surface area contributed by atoms with E-state index in [0.29, 0.717) is 12.1 Å². The van der Waals surface area contributed by atoms with E-state index in [1.165, 1.54) is 0 Å². The summed E-state index contributed by atoms with van der Waals surface area (Å²) in [4.78, 5) is 15.6. The molecule has 0 spiro atoms. The summed E-state index contributed by atoms with van der Waals surface area (Å²) in [6, 6.07) is 9.78. The number of urea groups is 1. The molecule has 0 aliphatic carbocycles. The Morgan fingerprint density at radius 2 is 2.38 bits per heavy atom. The van der Waals surface area contributed by atoms with Gasteiger partial charge in [0.25, 0.3) is 0 Å². The zero-order valence-corrected chi connectivity index (χ0v) is 12.1. The topological polar surface area (TPSA) is 59.4 Å². The average Bonchev–Trinajstić information content (AvgIpc) is 2.90. The molecule has 1 aromatic carbocycles. The first-order chi connectivity index (χ1) is 10.2. The van der Waals surface area contributed by atoms with Gasteiger partial charge in [0.2, 0.25) is 0 Å². The molecule has 0 unspecified atom stereocenters. The Kier molecular flexibility index (Phi) is 5.35. The molecule has 0 atom stereocenters. The van der Waals surface area contributed by atoms with Crippen LogP contribution in [-0.4, -0.2) is 48.6 Å². The molecule has 0 saturated carbocycles. The molecule has 21 heavy (non-hydrogen) atoms. The van der Waals surface area contributed by atoms with Gasteiger partial charge >= 0.3 is 6.03 Å². The highest BCUT2D eigenvalue weighted by atomic mass is 16.2. The first-order valence-corrected chi connectivity index (χ1v) is 7.08. The van der Waals surface area contributed by atoms with Crippen molar-refractivity contribution in [1.29, 1.82) is 5.26 Å². The number of nitrogens with zero attached hydrogens (tertiary/aromatic N) is 3. The third kappa shape index (κ3) is 4.33. The molecule has 1 N–H and O–H groups in total. The molecular formula is C16H20N4O. The molecule has 5 nitrogen and oxygen atoms in total. The number of rotatable bonds is 7. The van der Waals surface area contributed by atoms with Crippen molar-refractivity contribution in [3.05, 3.63) is 48.0 Å². The fourth-order valence-corrected chi connectivity index (χ4v) is 2.40. The van der Waals surface area contributed by atoms with Crippen molar-refractivity contribution in [1.82, 2.24) is 15.1 Å². The number of amides is 2. The highest BCUT2D eigenvalue weighted by Gasteiger charge is 2.19. The van der Waals surface area contributed by atoms with Crippen LogP contribution in [0.1, 0.15) is 11.1 Å². The number of benzene rings is 1. The molecule has 0 radical (unpaired) electrons. The zero-order valence-electron chi connectivity index (χ0n) is 12.1. The average molecular weight is 284 g/mol. The highest BCUT2D eigenvalue weighted by molar-refractivity contribution is 5.76. The third-order valence-electron chi connectivity index (χ3n) is 3.48. The summed E-state index contributed by atoms with van der Waals surface area (Å²) >= 11 is 0. The third-order valence-corrected chi connectivity index (χ3v) is 3.48. The molecule has 2 rings (SSSR count). The van der Waals surface area contributed by atoms with Gasteiger partial charge in [-0.3, -0.25) is 4.90 Å². The molecule has 1 aromatic rings. The fourth-order valence-electron chi connectivity index (χ4n) is 2.40. The monoisotopic (exact) mass is 284 g/mol. The smallest absolute Gasteiger partial charge is 0.317 e. The minimum atomic E-state index is 0.0139. The van der Waals surface area contributed by atoms with Gasteiger partial charge in [-0.2, -0.15) is 5.26 Å². The summed E-state index contributed by atoms with van der Waals surface area (Å²) < 4.78 is 0. The largest absolute Gasteiger partial charge is 0.336 e. The summed E-state index contributed by atoms with van der Waals surface area (Å²) in [5.41, 5.74) is 1.77. The Hall–Kier alpha value is -2.32. The normalized spacial score (nSPS) is 14.1. The van der Waals surface area contributed by atoms with Crippen LogP contribution >= 0.6 is 0 Å². The van der Waals surface area contributed by atoms with Crippen molar-refractivity contribution in [2.24, 2.45) is 0 Å². The number of nitrogens with one attached hydrogen (secondary N) is 1. The second-order valence-electron chi connectivity index (χ2n) is 5.05. The lowest BCUT2D eigenvalue weighted by molar-refractivity contribution is 0.203. The highest BCUT2D eigenvalue weighted by Crippen LogP contribution is 2.08. The second-order valence-corrected chi connectivity index (χ2v) is 5.05. The summed E-state index contributed by atoms with van der Waals surface area (Å²) in [6.45, 7) is 8.28. The maximum Gasteiger partial charge on any atom is 0.317 e. The molecule has 110 valence electrons. The van der Waals surface area contributed by atoms with E-state index in [-0.39, 0.29) is 6.03 Å². The molecule has 2 amide bonds. The minimum Gasteiger partial charge on any atom is -0.336 e. The van der Waals surface area contributed by atoms with E-state index in [1.54, 1.807) is 6.07 Å². The quantitative estimate of drug-likeness (QED) is 0.773. The van der Waals surface area contributed by atoms with Crippen molar-refractivity contribution in [3.63, 3.8) is 0 Å². The predicted molar refractivity (Wildman–Crippen MR) is 81.6 cm³/mol. The van der Waals surface area contributed by atoms with E-state index < -0.39 is 0 Å². The lowest BCUT2D eigenvalue weighted by Gasteiger charge is -2.23. The Labute approximate surface area is 125 Å². The molecule has 1 saturated heterocycles. The van der Waals surface area contributed by atoms with Crippen LogP contribution < -0.4 is 5.32 Å². The number of hydrogen-bond donors (Lipinski definition) is 1. The lowest BCUT2D eigenvalue weighted by atomic mass is 10.1. The van der Waals surface area contributed by atoms with E-state index in [2.05, 4.69) is 22.9 Å². The second kappa shape index (κ2) is 7.46. The first-order valence-electron chi connectivity index (χ1n) is 7.08. The summed E-state index contributed by atoms with van der Waals surface area (Å²) in [7, 11) is 0. The first kappa shape index (κ1) is 15.1. The Balaban J connectivity index is 1.93. The van der Waals surface area contributed by atoms with E-state index in [0.717, 1.165) is 38.3 Å². The zero-order chi connectivity index (χ0) is 15.1. The maximum absolute atomic E-state index is 11.5. The Bertz CT molecular complexity index is 549. The number of carbonyl (C=O) groups excluding carboxylic acids is 1. The van der Waals surface area contributed by atoms with Crippen molar-refractivity contribution in [3.8, 4) is 6.07 Å². The van der Waals surface area contributed by atoms with Gasteiger partial charge in [-0.1, -0.05) is 18.2 Å². The van der Waals surface area contributed by atoms with E-state index in [1.807, 2.05) is 29.2 Å². The Morgan fingerprint density at radius 3 is 3.05 bits per heavy atom. The van der Waals surface area contributed by atoms with Crippen LogP contribution in [0.2, 0.25) is 0 Å². The van der Waals surface area contributed by atoms with Gasteiger partial charge in [0.05, 0.1) is 11.6 Å². The van der Waals surface area contributed by atoms with Gasteiger partial charge in [0.15, 0.2) is 0 Å². The van der Waals surface area contributed by atoms with E-state index in [4.69, 9.17) is 5.26 Å². The van der Waals surface area contributed by atoms with Gasteiger partial charge < -0.3 is 10.2 Å². The molecule has 0 bridgehead atoms. The Morgan fingerprint density at radius 1 is 1.52 bits per heavy atom. The van der Waals surface area contributed by atoms with Crippen molar-refractivity contribution in [2.75, 3.05) is 32.7 Å². The van der Waals surface area contributed by atoms with Gasteiger partial charge in [-0.25, -0.2) is 4.79 Å². The van der Waals surface area contributed by atoms with Crippen LogP contribution in [0, 0.1) is 11.3 Å². The summed E-state index contributed by atoms with van der Waals surface area (Å²) in [5.74, 6) is 0. The SMILES string of the molecule is C=CCN(CCN1CCNC1=O)Cc1cccc(C#N)c1. The van der Waals surface area contributed by atoms with E-state index >= 15 is 0 Å². The predicted octanol–water partition coefficient (Wildman–Crippen LogP) is 1.57. The number of carbonyl (C=O) groups is 1.